The maximum atomic E-state index is 8.88. The molecule has 3 rings (SSSR count). The van der Waals surface area contributed by atoms with Gasteiger partial charge in [-0.2, -0.15) is 0 Å². The van der Waals surface area contributed by atoms with Crippen LogP contribution in [0.5, 0.6) is 0 Å². The van der Waals surface area contributed by atoms with Gasteiger partial charge in [-0.25, -0.2) is 4.89 Å². The zero-order valence-electron chi connectivity index (χ0n) is 8.13. The highest BCUT2D eigenvalue weighted by atomic mass is 17.1. The third kappa shape index (κ3) is 0.826. The zero-order valence-corrected chi connectivity index (χ0v) is 8.13. The predicted molar refractivity (Wildman–Crippen MR) is 46.7 cm³/mol. The topological polar surface area (TPSA) is 29.5 Å². The molecular formula is C10H18O2. The first kappa shape index (κ1) is 8.52. The van der Waals surface area contributed by atoms with Gasteiger partial charge < -0.3 is 0 Å². The van der Waals surface area contributed by atoms with Crippen molar-refractivity contribution in [2.45, 2.75) is 45.6 Å². The van der Waals surface area contributed by atoms with Crippen molar-refractivity contribution in [2.75, 3.05) is 0 Å². The van der Waals surface area contributed by atoms with Crippen LogP contribution in [0, 0.1) is 17.3 Å². The van der Waals surface area contributed by atoms with Gasteiger partial charge in [-0.05, 0) is 43.4 Å². The molecule has 0 radical (unpaired) electrons. The quantitative estimate of drug-likeness (QED) is 0.484. The molecule has 3 aliphatic rings. The van der Waals surface area contributed by atoms with Crippen LogP contribution < -0.4 is 0 Å². The molecule has 0 spiro atoms. The molecule has 2 heteroatoms. The van der Waals surface area contributed by atoms with Crippen LogP contribution in [0.1, 0.15) is 40.0 Å². The van der Waals surface area contributed by atoms with E-state index >= 15 is 0 Å². The second-order valence-corrected chi connectivity index (χ2v) is 5.25. The first-order valence-corrected chi connectivity index (χ1v) is 4.83. The minimum Gasteiger partial charge on any atom is -0.251 e. The van der Waals surface area contributed by atoms with E-state index in [1.165, 1.54) is 12.8 Å². The third-order valence-corrected chi connectivity index (χ3v) is 4.41. The van der Waals surface area contributed by atoms with Crippen LogP contribution >= 0.6 is 0 Å². The van der Waals surface area contributed by atoms with E-state index in [0.29, 0.717) is 11.3 Å². The van der Waals surface area contributed by atoms with Crippen molar-refractivity contribution >= 4 is 0 Å². The Bertz CT molecular complexity index is 198. The van der Waals surface area contributed by atoms with Gasteiger partial charge in [-0.1, -0.05) is 13.8 Å². The molecule has 70 valence electrons. The summed E-state index contributed by atoms with van der Waals surface area (Å²) in [7, 11) is 0. The molecule has 3 aliphatic carbocycles. The average Bonchev–Trinajstić information content (AvgIpc) is 2.04. The van der Waals surface area contributed by atoms with Gasteiger partial charge in [-0.15, -0.1) is 0 Å². The van der Waals surface area contributed by atoms with Crippen LogP contribution in [-0.2, 0) is 4.89 Å². The van der Waals surface area contributed by atoms with E-state index in [2.05, 4.69) is 18.7 Å². The summed E-state index contributed by atoms with van der Waals surface area (Å²) in [5.74, 6) is 1.42. The highest BCUT2D eigenvalue weighted by Gasteiger charge is 2.60. The summed E-state index contributed by atoms with van der Waals surface area (Å²) in [5.41, 5.74) is 0.119. The number of hydrogen-bond donors (Lipinski definition) is 1. The van der Waals surface area contributed by atoms with Crippen molar-refractivity contribution in [1.29, 1.82) is 0 Å². The highest BCUT2D eigenvalue weighted by molar-refractivity contribution is 5.09. The minimum atomic E-state index is -0.266. The minimum absolute atomic E-state index is 0.266. The molecule has 0 aromatic carbocycles. The Morgan fingerprint density at radius 1 is 1.33 bits per heavy atom. The summed E-state index contributed by atoms with van der Waals surface area (Å²) in [6.07, 6.45) is 3.47. The van der Waals surface area contributed by atoms with Gasteiger partial charge in [0.2, 0.25) is 0 Å². The SMILES string of the molecule is CC1(OO)CC[C@H]2C[C@H]1C2(C)C. The fourth-order valence-electron chi connectivity index (χ4n) is 3.29. The van der Waals surface area contributed by atoms with E-state index in [-0.39, 0.29) is 5.60 Å². The lowest BCUT2D eigenvalue weighted by Gasteiger charge is -2.62. The van der Waals surface area contributed by atoms with Crippen molar-refractivity contribution in [3.63, 3.8) is 0 Å². The van der Waals surface area contributed by atoms with Crippen molar-refractivity contribution in [3.8, 4) is 0 Å². The summed E-state index contributed by atoms with van der Waals surface area (Å²) >= 11 is 0. The Kier molecular flexibility index (Phi) is 1.59. The first-order valence-electron chi connectivity index (χ1n) is 4.83. The van der Waals surface area contributed by atoms with Gasteiger partial charge >= 0.3 is 0 Å². The summed E-state index contributed by atoms with van der Waals surface area (Å²) in [6, 6.07) is 0. The Morgan fingerprint density at radius 2 is 2.00 bits per heavy atom. The smallest absolute Gasteiger partial charge is 0.104 e. The molecule has 2 bridgehead atoms. The van der Waals surface area contributed by atoms with Gasteiger partial charge in [0.05, 0.1) is 0 Å². The molecule has 0 saturated heterocycles. The normalized spacial score (nSPS) is 50.0. The van der Waals surface area contributed by atoms with E-state index in [9.17, 15) is 0 Å². The Labute approximate surface area is 73.8 Å². The van der Waals surface area contributed by atoms with E-state index in [1.54, 1.807) is 0 Å². The Hall–Kier alpha value is -0.0800. The fraction of sp³-hybridized carbons (Fsp3) is 1.00. The lowest BCUT2D eigenvalue weighted by Crippen LogP contribution is -2.60. The molecule has 0 aromatic heterocycles. The summed E-state index contributed by atoms with van der Waals surface area (Å²) in [5, 5.41) is 8.88. The lowest BCUT2D eigenvalue weighted by molar-refractivity contribution is -0.371. The zero-order chi connectivity index (χ0) is 8.98. The second kappa shape index (κ2) is 2.24. The summed E-state index contributed by atoms with van der Waals surface area (Å²) in [4.78, 5) is 4.66. The molecule has 1 unspecified atom stereocenters. The van der Waals surface area contributed by atoms with Crippen LogP contribution in [-0.4, -0.2) is 10.9 Å². The first-order chi connectivity index (χ1) is 5.50. The standard InChI is InChI=1S/C10H18O2/c1-9(2)7-4-5-10(3,12-11)8(9)6-7/h7-8,11H,4-6H2,1-3H3/t7-,8-,10?/m0/s1. The monoisotopic (exact) mass is 170 g/mol. The molecule has 0 heterocycles. The summed E-state index contributed by atoms with van der Waals surface area (Å²) < 4.78 is 0. The van der Waals surface area contributed by atoms with Gasteiger partial charge in [0.25, 0.3) is 0 Å². The largest absolute Gasteiger partial charge is 0.251 e. The molecule has 2 nitrogen and oxygen atoms in total. The van der Waals surface area contributed by atoms with Crippen molar-refractivity contribution in [3.05, 3.63) is 0 Å². The van der Waals surface area contributed by atoms with Crippen LogP contribution in [0.25, 0.3) is 0 Å². The maximum Gasteiger partial charge on any atom is 0.104 e. The second-order valence-electron chi connectivity index (χ2n) is 5.25. The van der Waals surface area contributed by atoms with E-state index in [1.807, 2.05) is 6.92 Å². The number of fused-ring (bicyclic) bond motifs is 2. The van der Waals surface area contributed by atoms with Gasteiger partial charge in [0, 0.05) is 0 Å². The van der Waals surface area contributed by atoms with Crippen molar-refractivity contribution < 1.29 is 10.1 Å². The molecule has 0 amide bonds. The Balaban J connectivity index is 2.21. The molecule has 0 aliphatic heterocycles. The van der Waals surface area contributed by atoms with Crippen molar-refractivity contribution in [2.24, 2.45) is 17.3 Å². The molecule has 1 N–H and O–H groups in total. The molecule has 12 heavy (non-hydrogen) atoms. The number of rotatable bonds is 1. The van der Waals surface area contributed by atoms with Gasteiger partial charge in [-0.3, -0.25) is 5.26 Å². The third-order valence-electron chi connectivity index (χ3n) is 4.41. The highest BCUT2D eigenvalue weighted by Crippen LogP contribution is 2.63. The van der Waals surface area contributed by atoms with Crippen LogP contribution in [0.4, 0.5) is 0 Å². The van der Waals surface area contributed by atoms with Crippen molar-refractivity contribution in [1.82, 2.24) is 0 Å². The maximum absolute atomic E-state index is 8.88. The molecule has 0 aromatic rings. The van der Waals surface area contributed by atoms with Crippen LogP contribution in [0.15, 0.2) is 0 Å². The Morgan fingerprint density at radius 3 is 2.33 bits per heavy atom. The average molecular weight is 170 g/mol. The lowest BCUT2D eigenvalue weighted by atomic mass is 9.44. The molecular weight excluding hydrogens is 152 g/mol. The molecule has 3 saturated carbocycles. The predicted octanol–water partition coefficient (Wildman–Crippen LogP) is 2.69. The fourth-order valence-corrected chi connectivity index (χ4v) is 3.29. The van der Waals surface area contributed by atoms with E-state index in [0.717, 1.165) is 12.3 Å². The van der Waals surface area contributed by atoms with Gasteiger partial charge in [0.15, 0.2) is 0 Å². The van der Waals surface area contributed by atoms with E-state index in [4.69, 9.17) is 5.26 Å². The van der Waals surface area contributed by atoms with E-state index < -0.39 is 0 Å². The van der Waals surface area contributed by atoms with Crippen LogP contribution in [0.2, 0.25) is 0 Å². The summed E-state index contributed by atoms with van der Waals surface area (Å²) in [6.45, 7) is 6.62. The van der Waals surface area contributed by atoms with Crippen LogP contribution in [0.3, 0.4) is 0 Å². The molecule has 3 fully saturated rings. The van der Waals surface area contributed by atoms with Gasteiger partial charge in [0.1, 0.15) is 5.60 Å². The number of hydrogen-bond acceptors (Lipinski definition) is 2. The molecule has 3 atom stereocenters.